The molecule has 0 radical (unpaired) electrons. The first-order chi connectivity index (χ1) is 11.6. The molecule has 1 saturated heterocycles. The summed E-state index contributed by atoms with van der Waals surface area (Å²) in [6.45, 7) is 5.03. The summed E-state index contributed by atoms with van der Waals surface area (Å²) >= 11 is 0. The van der Waals surface area contributed by atoms with Crippen molar-refractivity contribution in [3.63, 3.8) is 0 Å². The minimum atomic E-state index is -0.758. The lowest BCUT2D eigenvalue weighted by Gasteiger charge is -2.49. The van der Waals surface area contributed by atoms with E-state index >= 15 is 0 Å². The van der Waals surface area contributed by atoms with E-state index in [0.717, 1.165) is 49.8 Å². The zero-order chi connectivity index (χ0) is 17.2. The maximum absolute atomic E-state index is 11.2. The summed E-state index contributed by atoms with van der Waals surface area (Å²) in [6, 6.07) is 9.68. The molecule has 1 aliphatic carbocycles. The quantitative estimate of drug-likeness (QED) is 0.748. The van der Waals surface area contributed by atoms with Crippen LogP contribution in [0.3, 0.4) is 0 Å². The van der Waals surface area contributed by atoms with Crippen LogP contribution >= 0.6 is 0 Å². The third-order valence-corrected chi connectivity index (χ3v) is 5.62. The van der Waals surface area contributed by atoms with Gasteiger partial charge >= 0.3 is 0 Å². The van der Waals surface area contributed by atoms with Gasteiger partial charge in [0.05, 0.1) is 12.2 Å². The Hall–Kier alpha value is -1.58. The van der Waals surface area contributed by atoms with Crippen LogP contribution in [0.1, 0.15) is 51.5 Å². The first kappa shape index (κ1) is 17.2. The van der Waals surface area contributed by atoms with E-state index in [0.29, 0.717) is 5.57 Å². The average molecular weight is 328 g/mol. The lowest BCUT2D eigenvalue weighted by molar-refractivity contribution is -0.135. The number of unbranched alkanes of at least 4 members (excludes halogenated alkanes) is 2. The first-order valence-corrected chi connectivity index (χ1v) is 9.08. The summed E-state index contributed by atoms with van der Waals surface area (Å²) in [5.41, 5.74) is 2.14. The number of aliphatic hydroxyl groups excluding tert-OH is 2. The smallest absolute Gasteiger partial charge is 0.121 e. The number of aliphatic hydroxyl groups is 2. The maximum Gasteiger partial charge on any atom is 0.121 e. The minimum absolute atomic E-state index is 0.0205. The molecule has 1 aliphatic heterocycles. The Morgan fingerprint density at radius 2 is 1.92 bits per heavy atom. The minimum Gasteiger partial charge on any atom is -0.508 e. The largest absolute Gasteiger partial charge is 0.508 e. The van der Waals surface area contributed by atoms with Crippen molar-refractivity contribution in [3.05, 3.63) is 53.3 Å². The molecule has 3 unspecified atom stereocenters. The van der Waals surface area contributed by atoms with Gasteiger partial charge in [0.1, 0.15) is 5.76 Å². The van der Waals surface area contributed by atoms with Crippen LogP contribution in [-0.2, 0) is 4.74 Å². The zero-order valence-corrected chi connectivity index (χ0v) is 14.7. The van der Waals surface area contributed by atoms with Crippen molar-refractivity contribution < 1.29 is 14.9 Å². The van der Waals surface area contributed by atoms with E-state index in [1.54, 1.807) is 0 Å². The highest BCUT2D eigenvalue weighted by Gasteiger charge is 2.50. The summed E-state index contributed by atoms with van der Waals surface area (Å²) in [5, 5.41) is 21.9. The second-order valence-corrected chi connectivity index (χ2v) is 7.12. The van der Waals surface area contributed by atoms with E-state index in [4.69, 9.17) is 4.74 Å². The van der Waals surface area contributed by atoms with Crippen LogP contribution in [0.4, 0.5) is 0 Å². The lowest BCUT2D eigenvalue weighted by Crippen LogP contribution is -2.52. The fourth-order valence-corrected chi connectivity index (χ4v) is 3.94. The number of allylic oxidation sites excluding steroid dienone is 1. The molecule has 0 aromatic heterocycles. The predicted octanol–water partition coefficient (Wildman–Crippen LogP) is 4.63. The standard InChI is InChI=1S/C21H28O3/c1-3-4-6-11-16-14-17(22)19(15-9-7-5-8-10-15)20(23)21(16,2)18-12-13-24-18/h5,7-10,14,18,20,22-23H,3-4,6,11-13H2,1-2H3. The van der Waals surface area contributed by atoms with Crippen molar-refractivity contribution in [1.82, 2.24) is 0 Å². The number of rotatable bonds is 6. The molecule has 2 aliphatic rings. The van der Waals surface area contributed by atoms with E-state index < -0.39 is 11.5 Å². The number of hydrogen-bond donors (Lipinski definition) is 2. The van der Waals surface area contributed by atoms with Crippen molar-refractivity contribution in [2.24, 2.45) is 5.41 Å². The summed E-state index contributed by atoms with van der Waals surface area (Å²) in [5.74, 6) is 0.192. The van der Waals surface area contributed by atoms with Crippen LogP contribution in [0.2, 0.25) is 0 Å². The van der Waals surface area contributed by atoms with Crippen molar-refractivity contribution in [2.75, 3.05) is 6.61 Å². The molecule has 3 rings (SSSR count). The molecule has 24 heavy (non-hydrogen) atoms. The third kappa shape index (κ3) is 2.91. The fraction of sp³-hybridized carbons (Fsp3) is 0.524. The third-order valence-electron chi connectivity index (χ3n) is 5.62. The Morgan fingerprint density at radius 3 is 2.50 bits per heavy atom. The second kappa shape index (κ2) is 7.12. The van der Waals surface area contributed by atoms with Gasteiger partial charge in [0.25, 0.3) is 0 Å². The predicted molar refractivity (Wildman–Crippen MR) is 96.7 cm³/mol. The van der Waals surface area contributed by atoms with E-state index in [1.807, 2.05) is 36.4 Å². The van der Waals surface area contributed by atoms with Gasteiger partial charge < -0.3 is 14.9 Å². The molecule has 1 aromatic rings. The first-order valence-electron chi connectivity index (χ1n) is 9.08. The summed E-state index contributed by atoms with van der Waals surface area (Å²) in [4.78, 5) is 0. The van der Waals surface area contributed by atoms with E-state index in [9.17, 15) is 10.2 Å². The Morgan fingerprint density at radius 1 is 1.21 bits per heavy atom. The van der Waals surface area contributed by atoms with Crippen molar-refractivity contribution in [1.29, 1.82) is 0 Å². The van der Waals surface area contributed by atoms with Crippen LogP contribution in [0.5, 0.6) is 0 Å². The Bertz CT molecular complexity index is 628. The Balaban J connectivity index is 2.00. The number of hydrogen-bond acceptors (Lipinski definition) is 3. The van der Waals surface area contributed by atoms with Gasteiger partial charge in [-0.1, -0.05) is 62.6 Å². The number of ether oxygens (including phenoxy) is 1. The molecule has 130 valence electrons. The number of benzene rings is 1. The molecule has 1 heterocycles. The van der Waals surface area contributed by atoms with Gasteiger partial charge in [0, 0.05) is 17.6 Å². The zero-order valence-electron chi connectivity index (χ0n) is 14.7. The monoisotopic (exact) mass is 328 g/mol. The van der Waals surface area contributed by atoms with E-state index in [1.165, 1.54) is 0 Å². The van der Waals surface area contributed by atoms with Crippen LogP contribution in [-0.4, -0.2) is 29.0 Å². The van der Waals surface area contributed by atoms with Crippen LogP contribution in [0.25, 0.3) is 5.57 Å². The Kier molecular flexibility index (Phi) is 5.12. The summed E-state index contributed by atoms with van der Waals surface area (Å²) in [7, 11) is 0. The molecule has 0 saturated carbocycles. The molecule has 0 amide bonds. The second-order valence-electron chi connectivity index (χ2n) is 7.12. The van der Waals surface area contributed by atoms with Crippen LogP contribution in [0.15, 0.2) is 47.7 Å². The summed E-state index contributed by atoms with van der Waals surface area (Å²) < 4.78 is 5.79. The molecular weight excluding hydrogens is 300 g/mol. The molecule has 0 spiro atoms. The topological polar surface area (TPSA) is 49.7 Å². The van der Waals surface area contributed by atoms with E-state index in [2.05, 4.69) is 13.8 Å². The average Bonchev–Trinajstić information content (AvgIpc) is 2.52. The van der Waals surface area contributed by atoms with Crippen molar-refractivity contribution in [2.45, 2.75) is 58.2 Å². The summed E-state index contributed by atoms with van der Waals surface area (Å²) in [6.07, 6.45) is 6.39. The lowest BCUT2D eigenvalue weighted by atomic mass is 9.63. The molecule has 3 nitrogen and oxygen atoms in total. The highest BCUT2D eigenvalue weighted by atomic mass is 16.5. The van der Waals surface area contributed by atoms with Crippen molar-refractivity contribution in [3.8, 4) is 0 Å². The van der Waals surface area contributed by atoms with Gasteiger partial charge in [-0.3, -0.25) is 0 Å². The van der Waals surface area contributed by atoms with Gasteiger partial charge in [-0.05, 0) is 30.9 Å². The van der Waals surface area contributed by atoms with Gasteiger partial charge in [0.2, 0.25) is 0 Å². The molecule has 3 heteroatoms. The van der Waals surface area contributed by atoms with Gasteiger partial charge in [-0.15, -0.1) is 0 Å². The van der Waals surface area contributed by atoms with Crippen LogP contribution < -0.4 is 0 Å². The maximum atomic E-state index is 11.2. The Labute approximate surface area is 144 Å². The molecule has 3 atom stereocenters. The molecule has 2 N–H and O–H groups in total. The van der Waals surface area contributed by atoms with Crippen molar-refractivity contribution >= 4 is 5.57 Å². The van der Waals surface area contributed by atoms with Gasteiger partial charge in [0.15, 0.2) is 0 Å². The van der Waals surface area contributed by atoms with Gasteiger partial charge in [-0.2, -0.15) is 0 Å². The van der Waals surface area contributed by atoms with E-state index in [-0.39, 0.29) is 11.9 Å². The molecule has 1 aromatic carbocycles. The molecule has 0 bridgehead atoms. The molecule has 1 fully saturated rings. The normalized spacial score (nSPS) is 30.0. The SMILES string of the molecule is CCCCCC1=CC(O)=C(c2ccccc2)C(O)C1(C)C1CCO1. The molecular formula is C21H28O3. The van der Waals surface area contributed by atoms with Crippen LogP contribution in [0, 0.1) is 5.41 Å². The highest BCUT2D eigenvalue weighted by molar-refractivity contribution is 5.75. The van der Waals surface area contributed by atoms with Gasteiger partial charge in [-0.25, -0.2) is 0 Å². The highest BCUT2D eigenvalue weighted by Crippen LogP contribution is 2.50. The fourth-order valence-electron chi connectivity index (χ4n) is 3.94.